The second-order valence-electron chi connectivity index (χ2n) is 7.78. The van der Waals surface area contributed by atoms with Crippen molar-refractivity contribution in [3.05, 3.63) is 64.6 Å². The fourth-order valence-corrected chi connectivity index (χ4v) is 4.81. The zero-order valence-electron chi connectivity index (χ0n) is 18.5. The molecule has 33 heavy (non-hydrogen) atoms. The zero-order chi connectivity index (χ0) is 23.6. The summed E-state index contributed by atoms with van der Waals surface area (Å²) >= 11 is 1.67. The lowest BCUT2D eigenvalue weighted by molar-refractivity contribution is -0.136. The van der Waals surface area contributed by atoms with Crippen molar-refractivity contribution >= 4 is 17.2 Å². The Morgan fingerprint density at radius 2 is 2.33 bits per heavy atom. The van der Waals surface area contributed by atoms with Gasteiger partial charge in [-0.3, -0.25) is 9.69 Å². The molecule has 1 aromatic heterocycles. The fourth-order valence-electron chi connectivity index (χ4n) is 3.88. The molecule has 0 radical (unpaired) electrons. The first-order valence-electron chi connectivity index (χ1n) is 10.8. The highest BCUT2D eigenvalue weighted by Crippen LogP contribution is 2.34. The number of thiophene rings is 1. The molecule has 0 aliphatic carbocycles. The number of nitrogens with zero attached hydrogens (tertiary/aromatic N) is 2. The maximum atomic E-state index is 13.5. The number of fused-ring (bicyclic) bond motifs is 1. The molecule has 0 fully saturated rings. The summed E-state index contributed by atoms with van der Waals surface area (Å²) in [4.78, 5) is 18.2. The Bertz CT molecular complexity index is 973. The van der Waals surface area contributed by atoms with Gasteiger partial charge in [-0.05, 0) is 35.6 Å². The molecule has 1 aromatic carbocycles. The van der Waals surface area contributed by atoms with Crippen LogP contribution >= 0.6 is 11.3 Å². The summed E-state index contributed by atoms with van der Waals surface area (Å²) in [6, 6.07) is 7.73. The predicted molar refractivity (Wildman–Crippen MR) is 127 cm³/mol. The molecule has 3 rings (SSSR count). The van der Waals surface area contributed by atoms with Gasteiger partial charge >= 0.3 is 0 Å². The number of hydrogen-bond acceptors (Lipinski definition) is 6. The van der Waals surface area contributed by atoms with Gasteiger partial charge in [0.2, 0.25) is 5.91 Å². The van der Waals surface area contributed by atoms with Crippen molar-refractivity contribution in [3.8, 4) is 18.1 Å². The molecule has 0 spiro atoms. The molecule has 1 amide bonds. The minimum Gasteiger partial charge on any atom is -0.491 e. The van der Waals surface area contributed by atoms with Crippen molar-refractivity contribution in [2.75, 3.05) is 46.0 Å². The lowest BCUT2D eigenvalue weighted by Gasteiger charge is -2.37. The van der Waals surface area contributed by atoms with E-state index in [9.17, 15) is 14.3 Å². The van der Waals surface area contributed by atoms with E-state index < -0.39 is 6.10 Å². The first kappa shape index (κ1) is 24.9. The van der Waals surface area contributed by atoms with E-state index >= 15 is 0 Å². The number of carbonyl (C=O) groups excluding carboxylic acids is 1. The number of halogens is 1. The normalized spacial score (nSPS) is 16.2. The molecule has 2 aromatic rings. The molecule has 1 aliphatic rings. The van der Waals surface area contributed by atoms with Crippen LogP contribution < -0.4 is 4.74 Å². The Morgan fingerprint density at radius 1 is 1.48 bits per heavy atom. The van der Waals surface area contributed by atoms with E-state index in [0.29, 0.717) is 18.8 Å². The monoisotopic (exact) mass is 472 g/mol. The minimum absolute atomic E-state index is 0.0710. The standard InChI is InChI=1S/C25H29FN2O4S/c1-3-10-27(15-20(29)17-31-12-4-2)16-25(30)28-11-8-24-22(9-13-33-24)23(28)18-32-21-7-5-6-19(26)14-21/h2-3,5-7,9,13-14,20,23,29H,1,8,10-12,15-18H2/t20-,23+/m0/s1. The first-order chi connectivity index (χ1) is 16.0. The number of terminal acetylenes is 1. The van der Waals surface area contributed by atoms with Crippen LogP contribution in [0.1, 0.15) is 16.5 Å². The van der Waals surface area contributed by atoms with Crippen LogP contribution in [0.25, 0.3) is 0 Å². The summed E-state index contributed by atoms with van der Waals surface area (Å²) in [5.74, 6) is 2.34. The minimum atomic E-state index is -0.775. The number of hydrogen-bond donors (Lipinski definition) is 1. The van der Waals surface area contributed by atoms with E-state index in [2.05, 4.69) is 12.5 Å². The van der Waals surface area contributed by atoms with Crippen molar-refractivity contribution in [2.24, 2.45) is 0 Å². The van der Waals surface area contributed by atoms with Crippen molar-refractivity contribution < 1.29 is 23.8 Å². The van der Waals surface area contributed by atoms with E-state index in [1.165, 1.54) is 17.0 Å². The topological polar surface area (TPSA) is 62.2 Å². The molecule has 0 unspecified atom stereocenters. The number of amides is 1. The van der Waals surface area contributed by atoms with Gasteiger partial charge in [0.1, 0.15) is 24.8 Å². The third-order valence-corrected chi connectivity index (χ3v) is 6.33. The fraction of sp³-hybridized carbons (Fsp3) is 0.400. The van der Waals surface area contributed by atoms with Gasteiger partial charge in [0.05, 0.1) is 25.3 Å². The van der Waals surface area contributed by atoms with Crippen LogP contribution in [0.3, 0.4) is 0 Å². The van der Waals surface area contributed by atoms with Crippen LogP contribution in [-0.2, 0) is 16.0 Å². The second kappa shape index (κ2) is 12.5. The molecular weight excluding hydrogens is 443 g/mol. The van der Waals surface area contributed by atoms with Crippen molar-refractivity contribution in [1.82, 2.24) is 9.80 Å². The van der Waals surface area contributed by atoms with E-state index in [1.807, 2.05) is 21.2 Å². The quantitative estimate of drug-likeness (QED) is 0.292. The van der Waals surface area contributed by atoms with Crippen LogP contribution in [0.4, 0.5) is 4.39 Å². The number of ether oxygens (including phenoxy) is 2. The Morgan fingerprint density at radius 3 is 3.09 bits per heavy atom. The van der Waals surface area contributed by atoms with E-state index in [4.69, 9.17) is 15.9 Å². The molecule has 176 valence electrons. The third-order valence-electron chi connectivity index (χ3n) is 5.33. The van der Waals surface area contributed by atoms with Gasteiger partial charge in [-0.1, -0.05) is 18.1 Å². The van der Waals surface area contributed by atoms with Crippen molar-refractivity contribution in [3.63, 3.8) is 0 Å². The number of carbonyl (C=O) groups is 1. The number of rotatable bonds is 12. The summed E-state index contributed by atoms with van der Waals surface area (Å²) in [5, 5.41) is 12.3. The van der Waals surface area contributed by atoms with Crippen LogP contribution in [0, 0.1) is 18.2 Å². The van der Waals surface area contributed by atoms with Crippen molar-refractivity contribution in [2.45, 2.75) is 18.6 Å². The molecule has 0 saturated heterocycles. The van der Waals surface area contributed by atoms with E-state index in [0.717, 1.165) is 12.0 Å². The molecule has 0 bridgehead atoms. The highest BCUT2D eigenvalue weighted by molar-refractivity contribution is 7.10. The first-order valence-corrected chi connectivity index (χ1v) is 11.7. The summed E-state index contributed by atoms with van der Waals surface area (Å²) in [6.07, 6.45) is 6.86. The Balaban J connectivity index is 1.68. The molecular formula is C25H29FN2O4S. The van der Waals surface area contributed by atoms with Crippen LogP contribution in [0.5, 0.6) is 5.75 Å². The maximum Gasteiger partial charge on any atom is 0.237 e. The van der Waals surface area contributed by atoms with Crippen molar-refractivity contribution in [1.29, 1.82) is 0 Å². The molecule has 8 heteroatoms. The van der Waals surface area contributed by atoms with Crippen LogP contribution in [-0.4, -0.2) is 72.9 Å². The van der Waals surface area contributed by atoms with Gasteiger partial charge in [0.15, 0.2) is 0 Å². The summed E-state index contributed by atoms with van der Waals surface area (Å²) in [5.41, 5.74) is 1.06. The third kappa shape index (κ3) is 7.14. The summed E-state index contributed by atoms with van der Waals surface area (Å²) < 4.78 is 24.6. The smallest absolute Gasteiger partial charge is 0.237 e. The predicted octanol–water partition coefficient (Wildman–Crippen LogP) is 2.89. The highest BCUT2D eigenvalue weighted by Gasteiger charge is 2.33. The van der Waals surface area contributed by atoms with Crippen LogP contribution in [0.15, 0.2) is 48.4 Å². The Hall–Kier alpha value is -2.70. The Kier molecular flexibility index (Phi) is 9.46. The molecule has 1 N–H and O–H groups in total. The van der Waals surface area contributed by atoms with Gasteiger partial charge in [-0.15, -0.1) is 24.3 Å². The summed E-state index contributed by atoms with van der Waals surface area (Å²) in [6.45, 7) is 5.59. The lowest BCUT2D eigenvalue weighted by atomic mass is 10.0. The van der Waals surface area contributed by atoms with Gasteiger partial charge in [0, 0.05) is 30.6 Å². The van der Waals surface area contributed by atoms with E-state index in [-0.39, 0.29) is 50.7 Å². The largest absolute Gasteiger partial charge is 0.491 e. The maximum absolute atomic E-state index is 13.5. The zero-order valence-corrected chi connectivity index (χ0v) is 19.3. The number of aliphatic hydroxyl groups excluding tert-OH is 1. The molecule has 1 aliphatic heterocycles. The Labute approximate surface area is 198 Å². The SMILES string of the molecule is C#CCOC[C@@H](O)CN(CC=C)CC(=O)N1CCc2sccc2[C@H]1COc1cccc(F)c1. The molecule has 0 saturated carbocycles. The van der Waals surface area contributed by atoms with Gasteiger partial charge in [0.25, 0.3) is 0 Å². The summed E-state index contributed by atoms with van der Waals surface area (Å²) in [7, 11) is 0. The number of aliphatic hydroxyl groups is 1. The molecule has 6 nitrogen and oxygen atoms in total. The van der Waals surface area contributed by atoms with Gasteiger partial charge in [-0.25, -0.2) is 4.39 Å². The number of benzene rings is 1. The van der Waals surface area contributed by atoms with Crippen LogP contribution in [0.2, 0.25) is 0 Å². The van der Waals surface area contributed by atoms with E-state index in [1.54, 1.807) is 29.5 Å². The average Bonchev–Trinajstić information content (AvgIpc) is 3.27. The lowest BCUT2D eigenvalue weighted by Crippen LogP contribution is -2.48. The molecule has 2 heterocycles. The van der Waals surface area contributed by atoms with Gasteiger partial charge in [-0.2, -0.15) is 0 Å². The van der Waals surface area contributed by atoms with Gasteiger partial charge < -0.3 is 19.5 Å². The average molecular weight is 473 g/mol. The second-order valence-corrected chi connectivity index (χ2v) is 8.78. The highest BCUT2D eigenvalue weighted by atomic mass is 32.1. The molecule has 2 atom stereocenters.